The molecule has 1 unspecified atom stereocenters. The number of hydrogen-bond donors (Lipinski definition) is 1. The second-order valence-corrected chi connectivity index (χ2v) is 9.52. The average molecular weight is 486 g/mol. The van der Waals surface area contributed by atoms with Gasteiger partial charge in [-0.25, -0.2) is 0 Å². The number of hydrogen-bond acceptors (Lipinski definition) is 4. The molecular weight excluding hydrogens is 448 g/mol. The van der Waals surface area contributed by atoms with Gasteiger partial charge in [0, 0.05) is 37.3 Å². The maximum absolute atomic E-state index is 12.5. The summed E-state index contributed by atoms with van der Waals surface area (Å²) in [6.07, 6.45) is 5.67. The van der Waals surface area contributed by atoms with E-state index in [4.69, 9.17) is 0 Å². The number of nitrogens with one attached hydrogen (secondary N) is 1. The Morgan fingerprint density at radius 1 is 0.917 bits per heavy atom. The molecule has 0 aliphatic heterocycles. The predicted octanol–water partition coefficient (Wildman–Crippen LogP) is 5.58. The van der Waals surface area contributed by atoms with Gasteiger partial charge in [-0.1, -0.05) is 94.1 Å². The van der Waals surface area contributed by atoms with Crippen LogP contribution in [0.5, 0.6) is 0 Å². The van der Waals surface area contributed by atoms with Crippen LogP contribution >= 0.6 is 0 Å². The lowest BCUT2D eigenvalue weighted by molar-refractivity contribution is -0.255. The molecule has 1 N–H and O–H groups in total. The predicted molar refractivity (Wildman–Crippen MR) is 145 cm³/mol. The number of carboxylic acids is 1. The van der Waals surface area contributed by atoms with E-state index in [0.29, 0.717) is 18.7 Å². The Bertz CT molecular complexity index is 1140. The molecule has 0 saturated heterocycles. The van der Waals surface area contributed by atoms with Crippen LogP contribution in [0.2, 0.25) is 0 Å². The van der Waals surface area contributed by atoms with E-state index in [9.17, 15) is 14.7 Å². The molecule has 5 nitrogen and oxygen atoms in total. The summed E-state index contributed by atoms with van der Waals surface area (Å²) < 4.78 is 0. The Kier molecular flexibility index (Phi) is 10.1. The van der Waals surface area contributed by atoms with Crippen molar-refractivity contribution in [1.29, 1.82) is 0 Å². The minimum atomic E-state index is -1.16. The molecule has 0 bridgehead atoms. The minimum Gasteiger partial charge on any atom is -0.545 e. The van der Waals surface area contributed by atoms with Gasteiger partial charge in [0.1, 0.15) is 0 Å². The maximum Gasteiger partial charge on any atom is 0.223 e. The first-order valence-electron chi connectivity index (χ1n) is 12.9. The number of rotatable bonds is 13. The summed E-state index contributed by atoms with van der Waals surface area (Å²) in [5.74, 6) is -1.01. The molecule has 0 heterocycles. The number of aromatic carboxylic acids is 1. The number of anilines is 1. The van der Waals surface area contributed by atoms with Crippen molar-refractivity contribution in [2.24, 2.45) is 5.92 Å². The summed E-state index contributed by atoms with van der Waals surface area (Å²) in [4.78, 5) is 25.9. The fourth-order valence-electron chi connectivity index (χ4n) is 4.35. The van der Waals surface area contributed by atoms with Crippen LogP contribution in [-0.2, 0) is 17.9 Å². The molecule has 0 aliphatic rings. The Morgan fingerprint density at radius 2 is 1.67 bits per heavy atom. The zero-order valence-electron chi connectivity index (χ0n) is 21.6. The highest BCUT2D eigenvalue weighted by molar-refractivity contribution is 5.87. The molecule has 190 valence electrons. The molecule has 36 heavy (non-hydrogen) atoms. The van der Waals surface area contributed by atoms with Crippen molar-refractivity contribution in [3.8, 4) is 11.1 Å². The topological polar surface area (TPSA) is 72.5 Å². The van der Waals surface area contributed by atoms with Gasteiger partial charge in [0.05, 0.1) is 5.97 Å². The summed E-state index contributed by atoms with van der Waals surface area (Å²) in [5.41, 5.74) is 5.16. The number of carbonyl (C=O) groups excluding carboxylic acids is 2. The van der Waals surface area contributed by atoms with E-state index in [2.05, 4.69) is 36.5 Å². The van der Waals surface area contributed by atoms with E-state index in [1.807, 2.05) is 55.3 Å². The molecular formula is C31H37N2O3-. The molecule has 5 heteroatoms. The van der Waals surface area contributed by atoms with E-state index >= 15 is 0 Å². The molecule has 3 aromatic rings. The fraction of sp³-hybridized carbons (Fsp3) is 0.355. The van der Waals surface area contributed by atoms with Gasteiger partial charge in [-0.3, -0.25) is 4.79 Å². The van der Waals surface area contributed by atoms with Crippen molar-refractivity contribution in [3.63, 3.8) is 0 Å². The third-order valence-corrected chi connectivity index (χ3v) is 6.62. The number of carbonyl (C=O) groups is 2. The molecule has 1 amide bonds. The fourth-order valence-corrected chi connectivity index (χ4v) is 4.35. The van der Waals surface area contributed by atoms with Crippen LogP contribution in [0.4, 0.5) is 5.69 Å². The molecule has 0 saturated carbocycles. The number of benzene rings is 3. The van der Waals surface area contributed by atoms with Gasteiger partial charge in [-0.2, -0.15) is 0 Å². The molecule has 0 fully saturated rings. The van der Waals surface area contributed by atoms with E-state index in [-0.39, 0.29) is 17.4 Å². The largest absolute Gasteiger partial charge is 0.545 e. The summed E-state index contributed by atoms with van der Waals surface area (Å²) in [7, 11) is 1.94. The Labute approximate surface area is 215 Å². The second kappa shape index (κ2) is 13.5. The van der Waals surface area contributed by atoms with Crippen molar-refractivity contribution in [3.05, 3.63) is 89.5 Å². The Morgan fingerprint density at radius 3 is 2.39 bits per heavy atom. The lowest BCUT2D eigenvalue weighted by Gasteiger charge is -2.22. The summed E-state index contributed by atoms with van der Waals surface area (Å²) in [6.45, 7) is 5.19. The number of unbranched alkanes of at least 4 members (excludes halogenated alkanes) is 3. The minimum absolute atomic E-state index is 0.0355. The second-order valence-electron chi connectivity index (χ2n) is 9.52. The average Bonchev–Trinajstić information content (AvgIpc) is 2.90. The van der Waals surface area contributed by atoms with Crippen molar-refractivity contribution in [1.82, 2.24) is 5.32 Å². The SMILES string of the molecule is CCCCCCC(C)C(=O)NCc1cccc(-c2ccc(N(C)Cc3ccccc3C(=O)[O-])cc2)c1. The molecule has 3 aromatic carbocycles. The van der Waals surface area contributed by atoms with Crippen molar-refractivity contribution < 1.29 is 14.7 Å². The van der Waals surface area contributed by atoms with Gasteiger partial charge in [-0.15, -0.1) is 0 Å². The Hall–Kier alpha value is -3.60. The van der Waals surface area contributed by atoms with Gasteiger partial charge in [0.25, 0.3) is 0 Å². The molecule has 0 radical (unpaired) electrons. The quantitative estimate of drug-likeness (QED) is 0.321. The molecule has 1 atom stereocenters. The summed E-state index contributed by atoms with van der Waals surface area (Å²) in [6, 6.07) is 23.3. The molecule has 3 rings (SSSR count). The van der Waals surface area contributed by atoms with Crippen molar-refractivity contribution in [2.45, 2.75) is 59.0 Å². The third-order valence-electron chi connectivity index (χ3n) is 6.62. The van der Waals surface area contributed by atoms with Crippen LogP contribution in [0, 0.1) is 5.92 Å². The summed E-state index contributed by atoms with van der Waals surface area (Å²) in [5, 5.41) is 14.5. The highest BCUT2D eigenvalue weighted by Crippen LogP contribution is 2.25. The summed E-state index contributed by atoms with van der Waals surface area (Å²) >= 11 is 0. The molecule has 0 spiro atoms. The lowest BCUT2D eigenvalue weighted by atomic mass is 10.0. The third kappa shape index (κ3) is 7.70. The van der Waals surface area contributed by atoms with Crippen molar-refractivity contribution in [2.75, 3.05) is 11.9 Å². The van der Waals surface area contributed by atoms with Gasteiger partial charge >= 0.3 is 0 Å². The number of amides is 1. The van der Waals surface area contributed by atoms with Gasteiger partial charge in [-0.05, 0) is 46.9 Å². The van der Waals surface area contributed by atoms with Crippen LogP contribution < -0.4 is 15.3 Å². The molecule has 0 aliphatic carbocycles. The van der Waals surface area contributed by atoms with Gasteiger partial charge in [0.2, 0.25) is 5.91 Å². The normalized spacial score (nSPS) is 11.6. The smallest absolute Gasteiger partial charge is 0.223 e. The van der Waals surface area contributed by atoms with Crippen LogP contribution in [-0.4, -0.2) is 18.9 Å². The molecule has 0 aromatic heterocycles. The first-order chi connectivity index (χ1) is 17.4. The first-order valence-corrected chi connectivity index (χ1v) is 12.9. The first kappa shape index (κ1) is 27.0. The number of nitrogens with zero attached hydrogens (tertiary/aromatic N) is 1. The maximum atomic E-state index is 12.5. The Balaban J connectivity index is 1.59. The van der Waals surface area contributed by atoms with E-state index < -0.39 is 5.97 Å². The van der Waals surface area contributed by atoms with Gasteiger partial charge < -0.3 is 20.1 Å². The van der Waals surface area contributed by atoms with Gasteiger partial charge in [0.15, 0.2) is 0 Å². The van der Waals surface area contributed by atoms with Crippen LogP contribution in [0.3, 0.4) is 0 Å². The monoisotopic (exact) mass is 485 g/mol. The lowest BCUT2D eigenvalue weighted by Crippen LogP contribution is -2.28. The highest BCUT2D eigenvalue weighted by Gasteiger charge is 2.12. The zero-order chi connectivity index (χ0) is 25.9. The van der Waals surface area contributed by atoms with Crippen LogP contribution in [0.15, 0.2) is 72.8 Å². The van der Waals surface area contributed by atoms with E-state index in [1.54, 1.807) is 12.1 Å². The van der Waals surface area contributed by atoms with E-state index in [0.717, 1.165) is 35.2 Å². The standard InChI is InChI=1S/C31H38N2O3/c1-4-5-6-7-11-23(2)30(34)32-21-24-12-10-14-26(20-24)25-16-18-28(19-17-25)33(3)22-27-13-8-9-15-29(27)31(35)36/h8-10,12-20,23H,4-7,11,21-22H2,1-3H3,(H,32,34)(H,35,36)/p-1. The highest BCUT2D eigenvalue weighted by atomic mass is 16.4. The number of carboxylic acid groups (broad SMARTS) is 1. The van der Waals surface area contributed by atoms with Crippen molar-refractivity contribution >= 4 is 17.6 Å². The van der Waals surface area contributed by atoms with Crippen LogP contribution in [0.25, 0.3) is 11.1 Å². The van der Waals surface area contributed by atoms with Crippen LogP contribution in [0.1, 0.15) is 67.4 Å². The zero-order valence-corrected chi connectivity index (χ0v) is 21.6. The van der Waals surface area contributed by atoms with E-state index in [1.165, 1.54) is 19.3 Å².